The van der Waals surface area contributed by atoms with Gasteiger partial charge in [-0.1, -0.05) is 35.9 Å². The van der Waals surface area contributed by atoms with E-state index < -0.39 is 46.5 Å². The Balaban J connectivity index is 1.54. The van der Waals surface area contributed by atoms with Crippen molar-refractivity contribution in [3.05, 3.63) is 69.7 Å². The Morgan fingerprint density at radius 2 is 1.69 bits per heavy atom. The van der Waals surface area contributed by atoms with Crippen LogP contribution in [0.3, 0.4) is 0 Å². The fraction of sp³-hybridized carbons (Fsp3) is 0.273. The normalized spacial score (nSPS) is 18.6. The van der Waals surface area contributed by atoms with E-state index in [1.165, 1.54) is 35.2 Å². The van der Waals surface area contributed by atoms with E-state index in [-0.39, 0.29) is 35.5 Å². The van der Waals surface area contributed by atoms with Crippen LogP contribution in [0.5, 0.6) is 0 Å². The minimum Gasteiger partial charge on any atom is -0.358 e. The first-order valence-corrected chi connectivity index (χ1v) is 10.8. The van der Waals surface area contributed by atoms with Crippen molar-refractivity contribution in [1.29, 1.82) is 0 Å². The first kappa shape index (κ1) is 25.0. The molecule has 1 N–H and O–H groups in total. The van der Waals surface area contributed by atoms with Gasteiger partial charge in [-0.3, -0.25) is 19.2 Å². The van der Waals surface area contributed by atoms with E-state index in [2.05, 4.69) is 0 Å². The maximum absolute atomic E-state index is 14.7. The van der Waals surface area contributed by atoms with Crippen LogP contribution >= 0.6 is 11.6 Å². The molecule has 0 aromatic heterocycles. The number of benzene rings is 2. The molecular weight excluding hydrogens is 476 g/mol. The van der Waals surface area contributed by atoms with E-state index in [1.54, 1.807) is 0 Å². The average Bonchev–Trinajstić information content (AvgIpc) is 3.13. The predicted octanol–water partition coefficient (Wildman–Crippen LogP) is 1.25. The number of hydrogen-bond acceptors (Lipinski definition) is 4. The van der Waals surface area contributed by atoms with Crippen LogP contribution in [0.2, 0.25) is 5.02 Å². The van der Waals surface area contributed by atoms with Crippen molar-refractivity contribution >= 4 is 58.9 Å². The number of carbonyl (C=O) groups excluding carboxylic acids is 4. The van der Waals surface area contributed by atoms with Crippen molar-refractivity contribution in [2.24, 2.45) is 0 Å². The van der Waals surface area contributed by atoms with Gasteiger partial charge in [0.2, 0.25) is 19.8 Å². The number of fused-ring (bicyclic) bond motifs is 1. The molecule has 2 aliphatic rings. The minimum absolute atomic E-state index is 0.000849. The van der Waals surface area contributed by atoms with E-state index in [0.717, 1.165) is 12.1 Å². The Labute approximate surface area is 208 Å². The standard InChI is InChI=1S/C22H15B3ClF2N3O4/c23-22(24,29-20(35)21(27,28)12-1-4-14(26)5-2-12)13-3-6-15-11(9-13)10-30(18(15)33)16-7-8-17(32)31(25)19(16)34/h1-6,9,16H,7-8,10H2,(H,29,35). The second kappa shape index (κ2) is 8.82. The summed E-state index contributed by atoms with van der Waals surface area (Å²) in [4.78, 5) is 51.1. The molecule has 0 saturated carbocycles. The van der Waals surface area contributed by atoms with Gasteiger partial charge in [-0.25, -0.2) is 0 Å². The molecule has 2 aromatic carbocycles. The van der Waals surface area contributed by atoms with Crippen LogP contribution in [0.1, 0.15) is 39.9 Å². The molecule has 0 bridgehead atoms. The zero-order valence-electron chi connectivity index (χ0n) is 18.1. The molecule has 4 amide bonds. The number of rotatable bonds is 5. The molecule has 4 rings (SSSR count). The zero-order valence-corrected chi connectivity index (χ0v) is 18.9. The molecule has 172 valence electrons. The predicted molar refractivity (Wildman–Crippen MR) is 124 cm³/mol. The van der Waals surface area contributed by atoms with Gasteiger partial charge in [-0.2, -0.15) is 8.78 Å². The number of piperidine rings is 1. The minimum atomic E-state index is -3.95. The van der Waals surface area contributed by atoms with E-state index in [0.29, 0.717) is 10.4 Å². The summed E-state index contributed by atoms with van der Waals surface area (Å²) >= 11 is 5.71. The lowest BCUT2D eigenvalue weighted by molar-refractivity contribution is -0.147. The van der Waals surface area contributed by atoms with Crippen molar-refractivity contribution in [3.8, 4) is 0 Å². The van der Waals surface area contributed by atoms with Crippen LogP contribution in [0.25, 0.3) is 0 Å². The third-order valence-electron chi connectivity index (χ3n) is 6.03. The van der Waals surface area contributed by atoms with Crippen LogP contribution < -0.4 is 5.32 Å². The molecule has 0 aliphatic carbocycles. The third kappa shape index (κ3) is 4.47. The molecule has 1 unspecified atom stereocenters. The number of alkyl halides is 2. The van der Waals surface area contributed by atoms with Crippen LogP contribution in [0, 0.1) is 0 Å². The van der Waals surface area contributed by atoms with Gasteiger partial charge >= 0.3 is 5.92 Å². The van der Waals surface area contributed by atoms with Gasteiger partial charge in [-0.05, 0) is 41.1 Å². The number of carbonyl (C=O) groups is 4. The molecule has 2 aliphatic heterocycles. The summed E-state index contributed by atoms with van der Waals surface area (Å²) in [6, 6.07) is 7.62. The number of halogens is 3. The SMILES string of the molecule is [B]N1C(=O)CCC(N2Cc3cc(C([B])([B])NC(=O)C(F)(F)c4ccc(Cl)cc4)ccc3C2=O)C1=O. The van der Waals surface area contributed by atoms with Crippen molar-refractivity contribution in [1.82, 2.24) is 15.0 Å². The Bertz CT molecular complexity index is 1240. The van der Waals surface area contributed by atoms with Gasteiger partial charge in [0, 0.05) is 29.1 Å². The quantitative estimate of drug-likeness (QED) is 0.504. The monoisotopic (exact) mass is 491 g/mol. The molecule has 1 fully saturated rings. The van der Waals surface area contributed by atoms with Crippen LogP contribution in [-0.2, 0) is 32.2 Å². The summed E-state index contributed by atoms with van der Waals surface area (Å²) in [6.07, 6.45) is 0.117. The van der Waals surface area contributed by atoms with E-state index in [9.17, 15) is 28.0 Å². The highest BCUT2D eigenvalue weighted by molar-refractivity contribution is 6.40. The Morgan fingerprint density at radius 3 is 2.34 bits per heavy atom. The second-order valence-electron chi connectivity index (χ2n) is 8.37. The number of amides is 4. The number of imide groups is 1. The zero-order chi connectivity index (χ0) is 25.7. The van der Waals surface area contributed by atoms with Crippen LogP contribution in [0.15, 0.2) is 42.5 Å². The van der Waals surface area contributed by atoms with E-state index in [4.69, 9.17) is 35.3 Å². The molecule has 0 spiro atoms. The molecule has 1 atom stereocenters. The van der Waals surface area contributed by atoms with Crippen LogP contribution in [0.4, 0.5) is 8.78 Å². The third-order valence-corrected chi connectivity index (χ3v) is 6.28. The topological polar surface area (TPSA) is 86.8 Å². The highest BCUT2D eigenvalue weighted by atomic mass is 35.5. The number of nitrogens with one attached hydrogen (secondary N) is 1. The Morgan fingerprint density at radius 1 is 1.06 bits per heavy atom. The van der Waals surface area contributed by atoms with E-state index in [1.807, 2.05) is 5.32 Å². The molecule has 13 heteroatoms. The molecule has 2 aromatic rings. The lowest BCUT2D eigenvalue weighted by Crippen LogP contribution is -2.53. The smallest absolute Gasteiger partial charge is 0.349 e. The summed E-state index contributed by atoms with van der Waals surface area (Å²) in [5.41, 5.74) is 0.113. The molecular formula is C22H15B3ClF2N3O4. The molecule has 1 saturated heterocycles. The molecule has 6 radical (unpaired) electrons. The van der Waals surface area contributed by atoms with Crippen molar-refractivity contribution < 1.29 is 28.0 Å². The second-order valence-corrected chi connectivity index (χ2v) is 8.80. The Hall–Kier alpha value is -3.14. The van der Waals surface area contributed by atoms with Gasteiger partial charge < -0.3 is 15.0 Å². The highest BCUT2D eigenvalue weighted by Gasteiger charge is 2.44. The highest BCUT2D eigenvalue weighted by Crippen LogP contribution is 2.33. The summed E-state index contributed by atoms with van der Waals surface area (Å²) in [6.45, 7) is -0.0224. The fourth-order valence-electron chi connectivity index (χ4n) is 4.06. The summed E-state index contributed by atoms with van der Waals surface area (Å²) in [7, 11) is 17.5. The average molecular weight is 491 g/mol. The summed E-state index contributed by atoms with van der Waals surface area (Å²) < 4.78 is 29.3. The number of hydrogen-bond donors (Lipinski definition) is 1. The van der Waals surface area contributed by atoms with Crippen LogP contribution in [-0.4, -0.2) is 63.1 Å². The molecule has 7 nitrogen and oxygen atoms in total. The number of nitrogens with zero attached hydrogens (tertiary/aromatic N) is 2. The Kier molecular flexibility index (Phi) is 6.29. The van der Waals surface area contributed by atoms with Gasteiger partial charge in [0.05, 0.1) is 15.7 Å². The van der Waals surface area contributed by atoms with Gasteiger partial charge in [0.1, 0.15) is 6.04 Å². The molecule has 2 heterocycles. The van der Waals surface area contributed by atoms with Gasteiger partial charge in [0.15, 0.2) is 0 Å². The van der Waals surface area contributed by atoms with E-state index >= 15 is 0 Å². The van der Waals surface area contributed by atoms with Crippen molar-refractivity contribution in [2.45, 2.75) is 36.7 Å². The first-order chi connectivity index (χ1) is 16.3. The lowest BCUT2D eigenvalue weighted by Gasteiger charge is -2.34. The lowest BCUT2D eigenvalue weighted by atomic mass is 9.57. The maximum Gasteiger partial charge on any atom is 0.349 e. The maximum atomic E-state index is 14.7. The fourth-order valence-corrected chi connectivity index (χ4v) is 4.18. The molecule has 35 heavy (non-hydrogen) atoms. The first-order valence-electron chi connectivity index (χ1n) is 10.4. The van der Waals surface area contributed by atoms with Crippen molar-refractivity contribution in [2.75, 3.05) is 0 Å². The summed E-state index contributed by atoms with van der Waals surface area (Å²) in [5, 5.41) is -0.0462. The van der Waals surface area contributed by atoms with Crippen molar-refractivity contribution in [3.63, 3.8) is 0 Å². The van der Waals surface area contributed by atoms with Gasteiger partial charge in [0.25, 0.3) is 11.8 Å². The largest absolute Gasteiger partial charge is 0.358 e. The summed E-state index contributed by atoms with van der Waals surface area (Å²) in [5.74, 6) is -7.40. The van der Waals surface area contributed by atoms with Gasteiger partial charge in [-0.15, -0.1) is 0 Å².